The molecule has 1 aliphatic heterocycles. The maximum absolute atomic E-state index is 11.0. The zero-order chi connectivity index (χ0) is 10.8. The summed E-state index contributed by atoms with van der Waals surface area (Å²) in [7, 11) is -0.450. The predicted molar refractivity (Wildman–Crippen MR) is 69.4 cm³/mol. The lowest BCUT2D eigenvalue weighted by Crippen LogP contribution is -1.90. The van der Waals surface area contributed by atoms with E-state index in [1.807, 2.05) is 24.3 Å². The van der Waals surface area contributed by atoms with E-state index in [0.717, 1.165) is 9.79 Å². The molecule has 0 saturated heterocycles. The van der Waals surface area contributed by atoms with Crippen LogP contribution < -0.4 is 0 Å². The molecule has 78 valence electrons. The van der Waals surface area contributed by atoms with Crippen molar-refractivity contribution in [2.45, 2.75) is 9.79 Å². The fourth-order valence-electron chi connectivity index (χ4n) is 1.35. The maximum atomic E-state index is 11.0. The van der Waals surface area contributed by atoms with Crippen LogP contribution >= 0.6 is 35.1 Å². The predicted octanol–water partition coefficient (Wildman–Crippen LogP) is 3.76. The summed E-state index contributed by atoms with van der Waals surface area (Å²) in [6, 6.07) is 5.33. The van der Waals surface area contributed by atoms with Gasteiger partial charge in [0.25, 0.3) is 5.24 Å². The summed E-state index contributed by atoms with van der Waals surface area (Å²) in [5, 5.41) is 3.81. The number of carbonyl (C=O) groups excluding carboxylic acids is 1. The van der Waals surface area contributed by atoms with Crippen LogP contribution in [0.25, 0.3) is 0 Å². The standard InChI is InChI=1S/C11H9ClOS2/c12-11(13)8-3-4-9(14)10(7-8)15-5-1-2-6-15/h1-7,14-15H. The third kappa shape index (κ3) is 2.30. The van der Waals surface area contributed by atoms with Crippen LogP contribution in [0.4, 0.5) is 0 Å². The lowest BCUT2D eigenvalue weighted by molar-refractivity contribution is 0.108. The van der Waals surface area contributed by atoms with Gasteiger partial charge in [0, 0.05) is 15.4 Å². The molecule has 1 nitrogen and oxygen atoms in total. The molecule has 0 aliphatic carbocycles. The number of benzene rings is 1. The third-order valence-corrected chi connectivity index (χ3v) is 4.78. The number of thiol groups is 2. The smallest absolute Gasteiger partial charge is 0.252 e. The highest BCUT2D eigenvalue weighted by molar-refractivity contribution is 8.22. The Kier molecular flexibility index (Phi) is 3.24. The first kappa shape index (κ1) is 10.9. The first-order valence-corrected chi connectivity index (χ1v) is 6.65. The van der Waals surface area contributed by atoms with Crippen LogP contribution in [0, 0.1) is 0 Å². The number of allylic oxidation sites excluding steroid dienone is 2. The molecule has 0 amide bonds. The SMILES string of the molecule is O=C(Cl)c1ccc(S)c([SH]2C=CC=C2)c1. The van der Waals surface area contributed by atoms with Gasteiger partial charge in [-0.1, -0.05) is 12.2 Å². The molecule has 0 spiro atoms. The highest BCUT2D eigenvalue weighted by Crippen LogP contribution is 2.45. The van der Waals surface area contributed by atoms with Crippen LogP contribution in [0.3, 0.4) is 0 Å². The van der Waals surface area contributed by atoms with Crippen molar-refractivity contribution in [2.24, 2.45) is 0 Å². The van der Waals surface area contributed by atoms with Crippen molar-refractivity contribution < 1.29 is 4.79 Å². The van der Waals surface area contributed by atoms with E-state index in [9.17, 15) is 4.79 Å². The van der Waals surface area contributed by atoms with Crippen LogP contribution in [0.5, 0.6) is 0 Å². The Morgan fingerprint density at radius 2 is 1.93 bits per heavy atom. The van der Waals surface area contributed by atoms with E-state index in [2.05, 4.69) is 23.4 Å². The molecular weight excluding hydrogens is 248 g/mol. The monoisotopic (exact) mass is 256 g/mol. The second-order valence-electron chi connectivity index (χ2n) is 3.07. The van der Waals surface area contributed by atoms with Crippen molar-refractivity contribution in [3.05, 3.63) is 46.7 Å². The molecule has 0 unspecified atom stereocenters. The molecule has 0 saturated carbocycles. The Hall–Kier alpha value is -0.640. The molecule has 0 radical (unpaired) electrons. The second-order valence-corrected chi connectivity index (χ2v) is 5.79. The molecule has 0 aromatic heterocycles. The summed E-state index contributed by atoms with van der Waals surface area (Å²) in [5.74, 6) is 0. The minimum Gasteiger partial charge on any atom is -0.276 e. The van der Waals surface area contributed by atoms with Gasteiger partial charge in [-0.25, -0.2) is 0 Å². The summed E-state index contributed by atoms with van der Waals surface area (Å²) < 4.78 is 0. The van der Waals surface area contributed by atoms with E-state index < -0.39 is 16.1 Å². The van der Waals surface area contributed by atoms with Crippen LogP contribution in [0.15, 0.2) is 51.0 Å². The lowest BCUT2D eigenvalue weighted by Gasteiger charge is -2.13. The van der Waals surface area contributed by atoms with Gasteiger partial charge >= 0.3 is 0 Å². The van der Waals surface area contributed by atoms with Gasteiger partial charge in [-0.2, -0.15) is 10.9 Å². The number of hydrogen-bond acceptors (Lipinski definition) is 2. The molecule has 0 bridgehead atoms. The van der Waals surface area contributed by atoms with E-state index in [4.69, 9.17) is 11.6 Å². The Morgan fingerprint density at radius 1 is 1.27 bits per heavy atom. The van der Waals surface area contributed by atoms with Gasteiger partial charge in [0.15, 0.2) is 0 Å². The van der Waals surface area contributed by atoms with Gasteiger partial charge in [0.2, 0.25) is 0 Å². The molecule has 0 atom stereocenters. The Labute approximate surface area is 102 Å². The first-order chi connectivity index (χ1) is 7.18. The van der Waals surface area contributed by atoms with Crippen LogP contribution in [0.1, 0.15) is 10.4 Å². The van der Waals surface area contributed by atoms with E-state index >= 15 is 0 Å². The Bertz CT molecular complexity index is 454. The highest BCUT2D eigenvalue weighted by Gasteiger charge is 2.10. The molecule has 2 rings (SSSR count). The van der Waals surface area contributed by atoms with Crippen molar-refractivity contribution in [1.29, 1.82) is 0 Å². The van der Waals surface area contributed by atoms with E-state index in [1.54, 1.807) is 6.07 Å². The van der Waals surface area contributed by atoms with Crippen molar-refractivity contribution in [2.75, 3.05) is 0 Å². The molecule has 1 aromatic rings. The fourth-order valence-corrected chi connectivity index (χ4v) is 3.57. The van der Waals surface area contributed by atoms with Crippen molar-refractivity contribution in [1.82, 2.24) is 0 Å². The fraction of sp³-hybridized carbons (Fsp3) is 0. The molecule has 4 heteroatoms. The number of rotatable bonds is 2. The van der Waals surface area contributed by atoms with Gasteiger partial charge < -0.3 is 0 Å². The first-order valence-electron chi connectivity index (χ1n) is 4.34. The Balaban J connectivity index is 2.45. The summed E-state index contributed by atoms with van der Waals surface area (Å²) in [5.41, 5.74) is 0.528. The Morgan fingerprint density at radius 3 is 2.53 bits per heavy atom. The molecule has 0 fully saturated rings. The molecule has 1 aliphatic rings. The van der Waals surface area contributed by atoms with Gasteiger partial charge in [-0.05, 0) is 40.6 Å². The van der Waals surface area contributed by atoms with Gasteiger partial charge in [-0.3, -0.25) is 4.79 Å². The largest absolute Gasteiger partial charge is 0.276 e. The van der Waals surface area contributed by atoms with Gasteiger partial charge in [0.05, 0.1) is 0 Å². The van der Waals surface area contributed by atoms with E-state index in [1.165, 1.54) is 0 Å². The van der Waals surface area contributed by atoms with Crippen molar-refractivity contribution in [3.8, 4) is 0 Å². The number of halogens is 1. The summed E-state index contributed by atoms with van der Waals surface area (Å²) >= 11 is 9.82. The second kappa shape index (κ2) is 4.47. The normalized spacial score (nSPS) is 16.0. The van der Waals surface area contributed by atoms with Crippen LogP contribution in [0.2, 0.25) is 0 Å². The average molecular weight is 257 g/mol. The van der Waals surface area contributed by atoms with Gasteiger partial charge in [0.1, 0.15) is 0 Å². The average Bonchev–Trinajstić information content (AvgIpc) is 2.71. The molecule has 1 heterocycles. The zero-order valence-corrected chi connectivity index (χ0v) is 10.3. The summed E-state index contributed by atoms with van der Waals surface area (Å²) in [6.45, 7) is 0. The van der Waals surface area contributed by atoms with Crippen LogP contribution in [-0.2, 0) is 0 Å². The van der Waals surface area contributed by atoms with E-state index in [-0.39, 0.29) is 0 Å². The maximum Gasteiger partial charge on any atom is 0.252 e. The summed E-state index contributed by atoms with van der Waals surface area (Å²) in [4.78, 5) is 13.0. The zero-order valence-electron chi connectivity index (χ0n) is 7.72. The molecule has 15 heavy (non-hydrogen) atoms. The molecular formula is C11H9ClOS2. The van der Waals surface area contributed by atoms with Gasteiger partial charge in [-0.15, -0.1) is 12.6 Å². The minimum atomic E-state index is -0.450. The third-order valence-electron chi connectivity index (χ3n) is 2.08. The topological polar surface area (TPSA) is 17.1 Å². The number of hydrogen-bond donors (Lipinski definition) is 2. The molecule has 1 aromatic carbocycles. The van der Waals surface area contributed by atoms with Crippen LogP contribution in [-0.4, -0.2) is 5.24 Å². The highest BCUT2D eigenvalue weighted by atomic mass is 35.5. The quantitative estimate of drug-likeness (QED) is 0.609. The van der Waals surface area contributed by atoms with E-state index in [0.29, 0.717) is 5.56 Å². The molecule has 0 N–H and O–H groups in total. The summed E-state index contributed by atoms with van der Waals surface area (Å²) in [6.07, 6.45) is 4.02. The van der Waals surface area contributed by atoms with Crippen molar-refractivity contribution in [3.63, 3.8) is 0 Å². The lowest BCUT2D eigenvalue weighted by atomic mass is 10.2. The number of carbonyl (C=O) groups is 1. The minimum absolute atomic E-state index is 0.424. The van der Waals surface area contributed by atoms with Crippen molar-refractivity contribution >= 4 is 40.4 Å².